The summed E-state index contributed by atoms with van der Waals surface area (Å²) in [7, 11) is 3.17. The lowest BCUT2D eigenvalue weighted by Gasteiger charge is -2.32. The van der Waals surface area contributed by atoms with Crippen LogP contribution in [-0.2, 0) is 9.59 Å². The number of carbonyl (C=O) groups excluding carboxylic acids is 2. The lowest BCUT2D eigenvalue weighted by Crippen LogP contribution is -2.42. The maximum absolute atomic E-state index is 13.3. The Morgan fingerprint density at radius 2 is 1.76 bits per heavy atom. The summed E-state index contributed by atoms with van der Waals surface area (Å²) in [6.45, 7) is 5.72. The van der Waals surface area contributed by atoms with Crippen LogP contribution in [0.3, 0.4) is 0 Å². The van der Waals surface area contributed by atoms with Gasteiger partial charge >= 0.3 is 0 Å². The second-order valence-electron chi connectivity index (χ2n) is 9.80. The number of anilines is 1. The third-order valence-electron chi connectivity index (χ3n) is 7.52. The number of piperidine rings is 1. The Bertz CT molecular complexity index is 1310. The molecule has 0 saturated carbocycles. The molecule has 1 aromatic heterocycles. The molecule has 2 fully saturated rings. The monoisotopic (exact) mass is 504 g/mol. The van der Waals surface area contributed by atoms with Crippen LogP contribution in [0, 0.1) is 19.8 Å². The fraction of sp³-hybridized carbons (Fsp3) is 0.429. The number of aryl methyl sites for hydroxylation is 2. The van der Waals surface area contributed by atoms with E-state index in [0.29, 0.717) is 42.8 Å². The lowest BCUT2D eigenvalue weighted by molar-refractivity contribution is -0.136. The van der Waals surface area contributed by atoms with E-state index in [1.807, 2.05) is 55.1 Å². The van der Waals surface area contributed by atoms with Gasteiger partial charge in [-0.25, -0.2) is 0 Å². The molecule has 0 aliphatic carbocycles. The van der Waals surface area contributed by atoms with E-state index in [2.05, 4.69) is 10.1 Å². The molecule has 0 N–H and O–H groups in total. The van der Waals surface area contributed by atoms with Crippen molar-refractivity contribution in [2.75, 3.05) is 38.8 Å². The summed E-state index contributed by atoms with van der Waals surface area (Å²) in [5.41, 5.74) is 3.96. The van der Waals surface area contributed by atoms with Crippen molar-refractivity contribution in [2.45, 2.75) is 39.0 Å². The van der Waals surface area contributed by atoms with Crippen molar-refractivity contribution < 1.29 is 23.6 Å². The minimum absolute atomic E-state index is 0.00467. The first-order chi connectivity index (χ1) is 17.9. The summed E-state index contributed by atoms with van der Waals surface area (Å²) in [6, 6.07) is 11.5. The number of methoxy groups -OCH3 is 2. The van der Waals surface area contributed by atoms with Crippen LogP contribution in [0.2, 0.25) is 0 Å². The topological polar surface area (TPSA) is 98.0 Å². The van der Waals surface area contributed by atoms with Crippen LogP contribution in [-0.4, -0.2) is 60.7 Å². The molecular formula is C28H32N4O5. The fourth-order valence-electron chi connectivity index (χ4n) is 5.11. The number of rotatable bonds is 6. The highest BCUT2D eigenvalue weighted by Gasteiger charge is 2.38. The van der Waals surface area contributed by atoms with E-state index in [-0.39, 0.29) is 30.1 Å². The summed E-state index contributed by atoms with van der Waals surface area (Å²) in [6.07, 6.45) is 1.73. The van der Waals surface area contributed by atoms with Crippen LogP contribution in [0.25, 0.3) is 11.4 Å². The molecule has 2 amide bonds. The van der Waals surface area contributed by atoms with Crippen molar-refractivity contribution in [1.82, 2.24) is 15.0 Å². The molecule has 3 heterocycles. The Morgan fingerprint density at radius 3 is 2.46 bits per heavy atom. The molecule has 9 heteroatoms. The maximum Gasteiger partial charge on any atom is 0.230 e. The molecule has 2 saturated heterocycles. The molecule has 3 aromatic rings. The van der Waals surface area contributed by atoms with Crippen molar-refractivity contribution in [3.8, 4) is 22.9 Å². The number of ether oxygens (including phenoxy) is 2. The molecule has 2 aliphatic heterocycles. The Hall–Kier alpha value is -3.88. The third kappa shape index (κ3) is 4.90. The number of benzene rings is 2. The Morgan fingerprint density at radius 1 is 1.00 bits per heavy atom. The van der Waals surface area contributed by atoms with Gasteiger partial charge in [-0.15, -0.1) is 0 Å². The smallest absolute Gasteiger partial charge is 0.230 e. The van der Waals surface area contributed by atoms with Gasteiger partial charge in [-0.2, -0.15) is 4.98 Å². The Balaban J connectivity index is 1.19. The molecule has 0 radical (unpaired) electrons. The van der Waals surface area contributed by atoms with E-state index in [4.69, 9.17) is 14.0 Å². The standard InChI is InChI=1S/C28H32N4O5/c1-17-5-7-22(13-18(17)2)32-16-21(15-25(32)33)28(34)31-11-9-19(10-12-31)27-29-26(30-37-27)20-6-8-23(35-3)24(14-20)36-4/h5-8,13-14,19,21H,9-12,15-16H2,1-4H3/t21-/m1/s1. The lowest BCUT2D eigenvalue weighted by atomic mass is 9.95. The zero-order chi connectivity index (χ0) is 26.1. The van der Waals surface area contributed by atoms with Crippen LogP contribution in [0.1, 0.15) is 42.2 Å². The number of amides is 2. The minimum atomic E-state index is -0.314. The van der Waals surface area contributed by atoms with Gasteiger partial charge in [0.15, 0.2) is 11.5 Å². The zero-order valence-electron chi connectivity index (χ0n) is 21.7. The van der Waals surface area contributed by atoms with Gasteiger partial charge in [0.2, 0.25) is 23.5 Å². The first-order valence-corrected chi connectivity index (χ1v) is 12.6. The normalized spacial score (nSPS) is 18.4. The SMILES string of the molecule is COc1ccc(-c2noc(C3CCN(C(=O)[C@@H]4CC(=O)N(c5ccc(C)c(C)c5)C4)CC3)n2)cc1OC. The minimum Gasteiger partial charge on any atom is -0.493 e. The summed E-state index contributed by atoms with van der Waals surface area (Å²) >= 11 is 0. The first kappa shape index (κ1) is 24.8. The number of hydrogen-bond acceptors (Lipinski definition) is 7. The van der Waals surface area contributed by atoms with Gasteiger partial charge in [-0.05, 0) is 68.1 Å². The average molecular weight is 505 g/mol. The predicted octanol–water partition coefficient (Wildman–Crippen LogP) is 4.13. The molecule has 2 aromatic carbocycles. The van der Waals surface area contributed by atoms with Crippen molar-refractivity contribution in [1.29, 1.82) is 0 Å². The number of aromatic nitrogens is 2. The molecular weight excluding hydrogens is 472 g/mol. The van der Waals surface area contributed by atoms with E-state index >= 15 is 0 Å². The summed E-state index contributed by atoms with van der Waals surface area (Å²) in [5, 5.41) is 4.16. The van der Waals surface area contributed by atoms with Crippen LogP contribution in [0.5, 0.6) is 11.5 Å². The van der Waals surface area contributed by atoms with Crippen molar-refractivity contribution in [3.63, 3.8) is 0 Å². The van der Waals surface area contributed by atoms with Crippen molar-refractivity contribution in [2.24, 2.45) is 5.92 Å². The van der Waals surface area contributed by atoms with Crippen LogP contribution < -0.4 is 14.4 Å². The van der Waals surface area contributed by atoms with E-state index < -0.39 is 0 Å². The third-order valence-corrected chi connectivity index (χ3v) is 7.52. The van der Waals surface area contributed by atoms with E-state index in [0.717, 1.165) is 29.7 Å². The van der Waals surface area contributed by atoms with Gasteiger partial charge in [0, 0.05) is 43.2 Å². The number of hydrogen-bond donors (Lipinski definition) is 0. The van der Waals surface area contributed by atoms with E-state index in [1.54, 1.807) is 19.1 Å². The Kier molecular flexibility index (Phi) is 6.86. The summed E-state index contributed by atoms with van der Waals surface area (Å²) in [4.78, 5) is 34.2. The number of carbonyl (C=O) groups is 2. The van der Waals surface area contributed by atoms with Gasteiger partial charge < -0.3 is 23.8 Å². The van der Waals surface area contributed by atoms with Crippen LogP contribution >= 0.6 is 0 Å². The fourth-order valence-corrected chi connectivity index (χ4v) is 5.11. The van der Waals surface area contributed by atoms with Crippen molar-refractivity contribution >= 4 is 17.5 Å². The van der Waals surface area contributed by atoms with Gasteiger partial charge in [0.25, 0.3) is 0 Å². The molecule has 37 heavy (non-hydrogen) atoms. The molecule has 9 nitrogen and oxygen atoms in total. The van der Waals surface area contributed by atoms with E-state index in [9.17, 15) is 9.59 Å². The first-order valence-electron chi connectivity index (χ1n) is 12.6. The molecule has 2 aliphatic rings. The highest BCUT2D eigenvalue weighted by Crippen LogP contribution is 2.34. The molecule has 0 unspecified atom stereocenters. The molecule has 0 spiro atoms. The second kappa shape index (κ2) is 10.2. The second-order valence-corrected chi connectivity index (χ2v) is 9.80. The van der Waals surface area contributed by atoms with E-state index in [1.165, 1.54) is 5.56 Å². The predicted molar refractivity (Wildman–Crippen MR) is 138 cm³/mol. The zero-order valence-corrected chi connectivity index (χ0v) is 21.7. The molecule has 1 atom stereocenters. The summed E-state index contributed by atoms with van der Waals surface area (Å²) < 4.78 is 16.3. The summed E-state index contributed by atoms with van der Waals surface area (Å²) in [5.74, 6) is 2.13. The number of nitrogens with zero attached hydrogens (tertiary/aromatic N) is 4. The quantitative estimate of drug-likeness (QED) is 0.498. The Labute approximate surface area is 216 Å². The van der Waals surface area contributed by atoms with Gasteiger partial charge in [-0.3, -0.25) is 9.59 Å². The van der Waals surface area contributed by atoms with Gasteiger partial charge in [0.05, 0.1) is 20.1 Å². The van der Waals surface area contributed by atoms with Gasteiger partial charge in [0.1, 0.15) is 0 Å². The average Bonchev–Trinajstić information content (AvgIpc) is 3.57. The highest BCUT2D eigenvalue weighted by molar-refractivity contribution is 6.00. The largest absolute Gasteiger partial charge is 0.493 e. The number of likely N-dealkylation sites (tertiary alicyclic amines) is 1. The van der Waals surface area contributed by atoms with Crippen LogP contribution in [0.4, 0.5) is 5.69 Å². The maximum atomic E-state index is 13.3. The molecule has 5 rings (SSSR count). The molecule has 194 valence electrons. The molecule has 0 bridgehead atoms. The van der Waals surface area contributed by atoms with Gasteiger partial charge in [-0.1, -0.05) is 11.2 Å². The highest BCUT2D eigenvalue weighted by atomic mass is 16.5. The van der Waals surface area contributed by atoms with Crippen molar-refractivity contribution in [3.05, 3.63) is 53.4 Å². The van der Waals surface area contributed by atoms with Crippen LogP contribution in [0.15, 0.2) is 40.9 Å².